The summed E-state index contributed by atoms with van der Waals surface area (Å²) in [7, 11) is 1.55. The van der Waals surface area contributed by atoms with Crippen LogP contribution in [-0.4, -0.2) is 29.0 Å². The molecule has 0 saturated heterocycles. The number of nitrogens with zero attached hydrogens (tertiary/aromatic N) is 2. The molecule has 0 spiro atoms. The Labute approximate surface area is 86.7 Å². The van der Waals surface area contributed by atoms with Crippen molar-refractivity contribution in [1.29, 1.82) is 0 Å². The Balaban J connectivity index is 2.74. The van der Waals surface area contributed by atoms with Crippen LogP contribution in [0.25, 0.3) is 0 Å². The summed E-state index contributed by atoms with van der Waals surface area (Å²) in [6.07, 6.45) is 4.91. The molecule has 1 rings (SSSR count). The number of carbonyl (C=O) groups excluding carboxylic acids is 1. The molecule has 1 aromatic rings. The lowest BCUT2D eigenvalue weighted by Crippen LogP contribution is -2.24. The number of anilines is 1. The predicted octanol–water partition coefficient (Wildman–Crippen LogP) is 0.685. The fourth-order valence-electron chi connectivity index (χ4n) is 0.934. The number of amides is 1. The summed E-state index contributed by atoms with van der Waals surface area (Å²) >= 11 is 0. The fraction of sp³-hybridized carbons (Fsp3) is 0.100. The van der Waals surface area contributed by atoms with E-state index in [9.17, 15) is 9.59 Å². The zero-order valence-corrected chi connectivity index (χ0v) is 8.12. The number of hydrogen-bond donors (Lipinski definition) is 1. The molecule has 1 N–H and O–H groups in total. The van der Waals surface area contributed by atoms with Crippen LogP contribution in [0.3, 0.4) is 0 Å². The fourth-order valence-corrected chi connectivity index (χ4v) is 0.934. The summed E-state index contributed by atoms with van der Waals surface area (Å²) < 4.78 is 0. The van der Waals surface area contributed by atoms with Crippen molar-refractivity contribution in [3.63, 3.8) is 0 Å². The van der Waals surface area contributed by atoms with Gasteiger partial charge >= 0.3 is 5.97 Å². The van der Waals surface area contributed by atoms with Gasteiger partial charge in [-0.2, -0.15) is 0 Å². The largest absolute Gasteiger partial charge is 0.478 e. The smallest absolute Gasteiger partial charge is 0.328 e. The number of carboxylic acid groups (broad SMARTS) is 1. The van der Waals surface area contributed by atoms with E-state index >= 15 is 0 Å². The standard InChI is InChI=1S/C10H10N2O3/c1-12(8-3-2-6-11-7-8)9(13)4-5-10(14)15/h2-7H,1H3,(H,14,15). The van der Waals surface area contributed by atoms with Crippen LogP contribution in [0.5, 0.6) is 0 Å². The first-order valence-corrected chi connectivity index (χ1v) is 4.20. The first-order valence-electron chi connectivity index (χ1n) is 4.20. The second kappa shape index (κ2) is 4.90. The maximum atomic E-state index is 11.4. The highest BCUT2D eigenvalue weighted by Crippen LogP contribution is 2.09. The molecule has 0 saturated carbocycles. The lowest BCUT2D eigenvalue weighted by atomic mass is 10.3. The number of carbonyl (C=O) groups is 2. The molecular weight excluding hydrogens is 196 g/mol. The third-order valence-corrected chi connectivity index (χ3v) is 1.73. The first-order chi connectivity index (χ1) is 7.11. The Hall–Kier alpha value is -2.17. The Morgan fingerprint density at radius 2 is 2.20 bits per heavy atom. The summed E-state index contributed by atoms with van der Waals surface area (Å²) in [5, 5.41) is 8.34. The van der Waals surface area contributed by atoms with Gasteiger partial charge in [0.1, 0.15) is 0 Å². The van der Waals surface area contributed by atoms with Crippen molar-refractivity contribution < 1.29 is 14.7 Å². The molecule has 1 aromatic heterocycles. The maximum Gasteiger partial charge on any atom is 0.328 e. The van der Waals surface area contributed by atoms with E-state index in [-0.39, 0.29) is 0 Å². The van der Waals surface area contributed by atoms with Crippen LogP contribution >= 0.6 is 0 Å². The molecule has 0 atom stereocenters. The molecule has 1 heterocycles. The van der Waals surface area contributed by atoms with E-state index in [0.29, 0.717) is 5.69 Å². The first kappa shape index (κ1) is 10.9. The van der Waals surface area contributed by atoms with E-state index in [0.717, 1.165) is 12.2 Å². The second-order valence-electron chi connectivity index (χ2n) is 2.78. The van der Waals surface area contributed by atoms with Gasteiger partial charge in [-0.25, -0.2) is 4.79 Å². The number of likely N-dealkylation sites (N-methyl/N-ethyl adjacent to an activating group) is 1. The minimum absolute atomic E-state index is 0.412. The van der Waals surface area contributed by atoms with E-state index in [1.807, 2.05) is 0 Å². The van der Waals surface area contributed by atoms with Gasteiger partial charge < -0.3 is 10.0 Å². The molecule has 0 aliphatic heterocycles. The Bertz CT molecular complexity index is 387. The zero-order chi connectivity index (χ0) is 11.3. The minimum Gasteiger partial charge on any atom is -0.478 e. The molecule has 0 radical (unpaired) electrons. The Kier molecular flexibility index (Phi) is 3.56. The van der Waals surface area contributed by atoms with E-state index in [1.54, 1.807) is 25.4 Å². The zero-order valence-electron chi connectivity index (χ0n) is 8.12. The third kappa shape index (κ3) is 3.22. The van der Waals surface area contributed by atoms with Gasteiger partial charge in [0.05, 0.1) is 11.9 Å². The van der Waals surface area contributed by atoms with Gasteiger partial charge in [0.15, 0.2) is 0 Å². The van der Waals surface area contributed by atoms with E-state index in [4.69, 9.17) is 5.11 Å². The molecule has 0 aliphatic carbocycles. The van der Waals surface area contributed by atoms with Crippen molar-refractivity contribution >= 4 is 17.6 Å². The molecule has 78 valence electrons. The number of carboxylic acids is 1. The van der Waals surface area contributed by atoms with Crippen LogP contribution in [0.2, 0.25) is 0 Å². The van der Waals surface area contributed by atoms with E-state index in [1.165, 1.54) is 11.1 Å². The Morgan fingerprint density at radius 1 is 1.47 bits per heavy atom. The quantitative estimate of drug-likeness (QED) is 0.738. The van der Waals surface area contributed by atoms with Crippen LogP contribution in [0.1, 0.15) is 0 Å². The highest BCUT2D eigenvalue weighted by molar-refractivity contribution is 6.03. The van der Waals surface area contributed by atoms with Crippen molar-refractivity contribution in [3.05, 3.63) is 36.7 Å². The Morgan fingerprint density at radius 3 is 2.73 bits per heavy atom. The minimum atomic E-state index is -1.15. The van der Waals surface area contributed by atoms with Gasteiger partial charge in [0.25, 0.3) is 5.91 Å². The molecule has 0 bridgehead atoms. The van der Waals surface area contributed by atoms with Gasteiger partial charge in [-0.05, 0) is 12.1 Å². The number of pyridine rings is 1. The lowest BCUT2D eigenvalue weighted by Gasteiger charge is -2.13. The molecule has 0 aliphatic rings. The molecule has 15 heavy (non-hydrogen) atoms. The summed E-state index contributed by atoms with van der Waals surface area (Å²) in [6.45, 7) is 0. The molecule has 5 nitrogen and oxygen atoms in total. The summed E-state index contributed by atoms with van der Waals surface area (Å²) in [5.74, 6) is -1.56. The highest BCUT2D eigenvalue weighted by atomic mass is 16.4. The predicted molar refractivity (Wildman–Crippen MR) is 54.4 cm³/mol. The molecule has 0 aromatic carbocycles. The third-order valence-electron chi connectivity index (χ3n) is 1.73. The summed E-state index contributed by atoms with van der Waals surface area (Å²) in [6, 6.07) is 3.40. The second-order valence-corrected chi connectivity index (χ2v) is 2.78. The normalized spacial score (nSPS) is 10.2. The van der Waals surface area contributed by atoms with Gasteiger partial charge in [-0.15, -0.1) is 0 Å². The number of hydrogen-bond acceptors (Lipinski definition) is 3. The highest BCUT2D eigenvalue weighted by Gasteiger charge is 2.07. The topological polar surface area (TPSA) is 70.5 Å². The van der Waals surface area contributed by atoms with Gasteiger partial charge in [0, 0.05) is 25.4 Å². The maximum absolute atomic E-state index is 11.4. The number of aromatic nitrogens is 1. The van der Waals surface area contributed by atoms with Crippen molar-refractivity contribution in [3.8, 4) is 0 Å². The van der Waals surface area contributed by atoms with Crippen LogP contribution in [-0.2, 0) is 9.59 Å². The van der Waals surface area contributed by atoms with E-state index in [2.05, 4.69) is 4.98 Å². The number of rotatable bonds is 3. The van der Waals surface area contributed by atoms with Gasteiger partial charge in [-0.1, -0.05) is 0 Å². The van der Waals surface area contributed by atoms with Crippen molar-refractivity contribution in [1.82, 2.24) is 4.98 Å². The van der Waals surface area contributed by atoms with Gasteiger partial charge in [0.2, 0.25) is 0 Å². The lowest BCUT2D eigenvalue weighted by molar-refractivity contribution is -0.131. The molecule has 1 amide bonds. The number of aliphatic carboxylic acids is 1. The van der Waals surface area contributed by atoms with Crippen molar-refractivity contribution in [2.45, 2.75) is 0 Å². The molecule has 5 heteroatoms. The van der Waals surface area contributed by atoms with E-state index < -0.39 is 11.9 Å². The average Bonchev–Trinajstić information content (AvgIpc) is 2.26. The molecular formula is C10H10N2O3. The monoisotopic (exact) mass is 206 g/mol. The summed E-state index contributed by atoms with van der Waals surface area (Å²) in [4.78, 5) is 26.7. The van der Waals surface area contributed by atoms with Crippen LogP contribution < -0.4 is 4.90 Å². The van der Waals surface area contributed by atoms with Crippen LogP contribution in [0, 0.1) is 0 Å². The van der Waals surface area contributed by atoms with Crippen molar-refractivity contribution in [2.75, 3.05) is 11.9 Å². The SMILES string of the molecule is CN(C(=O)C=CC(=O)O)c1cccnc1. The van der Waals surface area contributed by atoms with Gasteiger partial charge in [-0.3, -0.25) is 9.78 Å². The molecule has 0 unspecified atom stereocenters. The van der Waals surface area contributed by atoms with Crippen LogP contribution in [0.15, 0.2) is 36.7 Å². The van der Waals surface area contributed by atoms with Crippen molar-refractivity contribution in [2.24, 2.45) is 0 Å². The van der Waals surface area contributed by atoms with Crippen LogP contribution in [0.4, 0.5) is 5.69 Å². The summed E-state index contributed by atoms with van der Waals surface area (Å²) in [5.41, 5.74) is 0.609. The molecule has 0 fully saturated rings. The average molecular weight is 206 g/mol.